The molecule has 0 atom stereocenters. The van der Waals surface area contributed by atoms with Gasteiger partial charge in [0.05, 0.1) is 12.5 Å². The zero-order valence-corrected chi connectivity index (χ0v) is 9.08. The average Bonchev–Trinajstić information content (AvgIpc) is 2.24. The third-order valence-electron chi connectivity index (χ3n) is 2.36. The van der Waals surface area contributed by atoms with Crippen LogP contribution < -0.4 is 5.56 Å². The molecule has 0 aliphatic rings. The van der Waals surface area contributed by atoms with E-state index in [0.717, 1.165) is 19.0 Å². The minimum absolute atomic E-state index is 0.563. The molecule has 0 aliphatic heterocycles. The first-order chi connectivity index (χ1) is 7.25. The van der Waals surface area contributed by atoms with Gasteiger partial charge in [0.1, 0.15) is 0 Å². The summed E-state index contributed by atoms with van der Waals surface area (Å²) in [6, 6.07) is 0. The molecule has 0 spiro atoms. The van der Waals surface area contributed by atoms with Crippen LogP contribution in [0.15, 0.2) is 17.3 Å². The fourth-order valence-electron chi connectivity index (χ4n) is 1.47. The Kier molecular flexibility index (Phi) is 5.01. The molecule has 1 heterocycles. The third kappa shape index (κ3) is 3.81. The van der Waals surface area contributed by atoms with Gasteiger partial charge >= 0.3 is 0 Å². The Balaban J connectivity index is 2.38. The normalized spacial score (nSPS) is 10.5. The molecule has 1 aromatic rings. The molecular formula is C11H17FN2O. The van der Waals surface area contributed by atoms with Gasteiger partial charge in [0.15, 0.2) is 0 Å². The summed E-state index contributed by atoms with van der Waals surface area (Å²) in [6.45, 7) is 2.72. The van der Waals surface area contributed by atoms with E-state index in [4.69, 9.17) is 0 Å². The fourth-order valence-corrected chi connectivity index (χ4v) is 1.47. The van der Waals surface area contributed by atoms with Crippen LogP contribution >= 0.6 is 0 Å². The number of nitrogens with zero attached hydrogens (tertiary/aromatic N) is 2. The molecule has 0 radical (unpaired) electrons. The van der Waals surface area contributed by atoms with E-state index in [0.29, 0.717) is 6.54 Å². The number of aryl methyl sites for hydroxylation is 1. The van der Waals surface area contributed by atoms with Crippen molar-refractivity contribution in [1.82, 2.24) is 9.55 Å². The molecule has 0 bridgehead atoms. The summed E-state index contributed by atoms with van der Waals surface area (Å²) in [5.74, 6) is -0.772. The molecule has 1 rings (SSSR count). The van der Waals surface area contributed by atoms with E-state index in [1.165, 1.54) is 30.2 Å². The number of unbranched alkanes of at least 4 members (excludes halogenated alkanes) is 4. The van der Waals surface area contributed by atoms with Crippen LogP contribution in [0.2, 0.25) is 0 Å². The second-order valence-electron chi connectivity index (χ2n) is 3.65. The van der Waals surface area contributed by atoms with E-state index in [9.17, 15) is 9.18 Å². The maximum Gasteiger partial charge on any atom is 0.289 e. The summed E-state index contributed by atoms with van der Waals surface area (Å²) in [7, 11) is 0. The lowest BCUT2D eigenvalue weighted by Gasteiger charge is -2.04. The van der Waals surface area contributed by atoms with Crippen molar-refractivity contribution in [3.05, 3.63) is 28.7 Å². The van der Waals surface area contributed by atoms with Gasteiger partial charge in [-0.05, 0) is 6.42 Å². The van der Waals surface area contributed by atoms with Gasteiger partial charge in [0.25, 0.3) is 5.56 Å². The second-order valence-corrected chi connectivity index (χ2v) is 3.65. The van der Waals surface area contributed by atoms with Crippen molar-refractivity contribution in [2.75, 3.05) is 0 Å². The van der Waals surface area contributed by atoms with E-state index in [-0.39, 0.29) is 0 Å². The molecule has 15 heavy (non-hydrogen) atoms. The minimum atomic E-state index is -0.772. The lowest BCUT2D eigenvalue weighted by Crippen LogP contribution is -2.23. The average molecular weight is 212 g/mol. The molecule has 0 unspecified atom stereocenters. The van der Waals surface area contributed by atoms with Gasteiger partial charge in [-0.2, -0.15) is 4.39 Å². The Morgan fingerprint density at radius 2 is 2.07 bits per heavy atom. The smallest absolute Gasteiger partial charge is 0.289 e. The molecule has 0 saturated heterocycles. The molecular weight excluding hydrogens is 195 g/mol. The molecule has 1 aromatic heterocycles. The Hall–Kier alpha value is -1.19. The molecule has 0 fully saturated rings. The van der Waals surface area contributed by atoms with Crippen LogP contribution in [0.25, 0.3) is 0 Å². The summed E-state index contributed by atoms with van der Waals surface area (Å²) in [4.78, 5) is 14.9. The summed E-state index contributed by atoms with van der Waals surface area (Å²) in [6.07, 6.45) is 7.93. The summed E-state index contributed by atoms with van der Waals surface area (Å²) < 4.78 is 14.1. The van der Waals surface area contributed by atoms with Crippen LogP contribution in [-0.4, -0.2) is 9.55 Å². The van der Waals surface area contributed by atoms with Gasteiger partial charge < -0.3 is 0 Å². The lowest BCUT2D eigenvalue weighted by molar-refractivity contribution is 0.518. The first-order valence-electron chi connectivity index (χ1n) is 5.45. The zero-order chi connectivity index (χ0) is 11.1. The lowest BCUT2D eigenvalue weighted by atomic mass is 10.1. The molecule has 0 N–H and O–H groups in total. The number of halogens is 1. The van der Waals surface area contributed by atoms with E-state index in [1.807, 2.05) is 0 Å². The van der Waals surface area contributed by atoms with Crippen molar-refractivity contribution >= 4 is 0 Å². The molecule has 0 saturated carbocycles. The van der Waals surface area contributed by atoms with E-state index >= 15 is 0 Å². The predicted molar refractivity (Wildman–Crippen MR) is 57.2 cm³/mol. The van der Waals surface area contributed by atoms with Crippen LogP contribution in [0.3, 0.4) is 0 Å². The fraction of sp³-hybridized carbons (Fsp3) is 0.636. The largest absolute Gasteiger partial charge is 0.297 e. The quantitative estimate of drug-likeness (QED) is 0.678. The van der Waals surface area contributed by atoms with Crippen molar-refractivity contribution in [2.24, 2.45) is 0 Å². The number of aromatic nitrogens is 2. The van der Waals surface area contributed by atoms with Gasteiger partial charge in [-0.15, -0.1) is 0 Å². The molecule has 0 amide bonds. The maximum absolute atomic E-state index is 12.8. The van der Waals surface area contributed by atoms with Gasteiger partial charge in [-0.3, -0.25) is 9.36 Å². The SMILES string of the molecule is CCCCCCCn1cncc(F)c1=O. The Labute approximate surface area is 89.0 Å². The van der Waals surface area contributed by atoms with E-state index in [2.05, 4.69) is 11.9 Å². The molecule has 4 heteroatoms. The van der Waals surface area contributed by atoms with Crippen molar-refractivity contribution in [3.8, 4) is 0 Å². The zero-order valence-electron chi connectivity index (χ0n) is 9.08. The summed E-state index contributed by atoms with van der Waals surface area (Å²) in [5, 5.41) is 0. The third-order valence-corrected chi connectivity index (χ3v) is 2.36. The Bertz CT molecular complexity index is 349. The van der Waals surface area contributed by atoms with Crippen molar-refractivity contribution in [2.45, 2.75) is 45.6 Å². The second kappa shape index (κ2) is 6.32. The van der Waals surface area contributed by atoms with Crippen LogP contribution in [0.5, 0.6) is 0 Å². The summed E-state index contributed by atoms with van der Waals surface area (Å²) >= 11 is 0. The highest BCUT2D eigenvalue weighted by Gasteiger charge is 2.01. The van der Waals surface area contributed by atoms with Crippen LogP contribution in [0.1, 0.15) is 39.0 Å². The van der Waals surface area contributed by atoms with Gasteiger partial charge in [0.2, 0.25) is 5.82 Å². The van der Waals surface area contributed by atoms with Crippen molar-refractivity contribution < 1.29 is 4.39 Å². The van der Waals surface area contributed by atoms with Crippen molar-refractivity contribution in [3.63, 3.8) is 0 Å². The summed E-state index contributed by atoms with van der Waals surface area (Å²) in [5.41, 5.74) is -0.569. The van der Waals surface area contributed by atoms with Crippen molar-refractivity contribution in [1.29, 1.82) is 0 Å². The van der Waals surface area contributed by atoms with Crippen LogP contribution in [0.4, 0.5) is 4.39 Å². The molecule has 84 valence electrons. The first-order valence-corrected chi connectivity index (χ1v) is 5.45. The highest BCUT2D eigenvalue weighted by atomic mass is 19.1. The minimum Gasteiger partial charge on any atom is -0.297 e. The van der Waals surface area contributed by atoms with E-state index < -0.39 is 11.4 Å². The van der Waals surface area contributed by atoms with Crippen LogP contribution in [-0.2, 0) is 6.54 Å². The topological polar surface area (TPSA) is 34.9 Å². The highest BCUT2D eigenvalue weighted by Crippen LogP contribution is 2.03. The van der Waals surface area contributed by atoms with Crippen LogP contribution in [0, 0.1) is 5.82 Å². The van der Waals surface area contributed by atoms with Gasteiger partial charge in [-0.25, -0.2) is 4.98 Å². The molecule has 0 aliphatic carbocycles. The Morgan fingerprint density at radius 1 is 1.33 bits per heavy atom. The highest BCUT2D eigenvalue weighted by molar-refractivity contribution is 4.86. The van der Waals surface area contributed by atoms with Gasteiger partial charge in [0, 0.05) is 6.54 Å². The first kappa shape index (κ1) is 11.9. The maximum atomic E-state index is 12.8. The standard InChI is InChI=1S/C11H17FN2O/c1-2-3-4-5-6-7-14-9-13-8-10(12)11(14)15/h8-9H,2-7H2,1H3. The Morgan fingerprint density at radius 3 is 2.80 bits per heavy atom. The number of rotatable bonds is 6. The van der Waals surface area contributed by atoms with E-state index in [1.54, 1.807) is 0 Å². The molecule has 3 nitrogen and oxygen atoms in total. The monoisotopic (exact) mass is 212 g/mol. The number of hydrogen-bond donors (Lipinski definition) is 0. The van der Waals surface area contributed by atoms with Gasteiger partial charge in [-0.1, -0.05) is 32.6 Å². The number of hydrogen-bond acceptors (Lipinski definition) is 2. The predicted octanol–water partition coefficient (Wildman–Crippen LogP) is 2.35. The molecule has 0 aromatic carbocycles.